The summed E-state index contributed by atoms with van der Waals surface area (Å²) in [5, 5.41) is 0. The number of carbonyl (C=O) groups excluding carboxylic acids is 1. The first kappa shape index (κ1) is 14.6. The smallest absolute Gasteiger partial charge is 0.200 e. The molecule has 0 aromatic heterocycles. The van der Waals surface area contributed by atoms with E-state index in [-0.39, 0.29) is 6.42 Å². The Morgan fingerprint density at radius 3 is 1.56 bits per heavy atom. The summed E-state index contributed by atoms with van der Waals surface area (Å²) >= 11 is 0. The number of benzene rings is 1. The van der Waals surface area contributed by atoms with Crippen LogP contribution >= 0.6 is 0 Å². The molecule has 0 unspecified atom stereocenters. The molecule has 1 nitrogen and oxygen atoms in total. The first-order chi connectivity index (χ1) is 8.15. The van der Waals surface area contributed by atoms with Gasteiger partial charge < -0.3 is 0 Å². The second kappa shape index (κ2) is 4.66. The molecule has 0 N–H and O–H groups in total. The topological polar surface area (TPSA) is 17.1 Å². The summed E-state index contributed by atoms with van der Waals surface area (Å²) in [6.07, 6.45) is 0.200. The molecular formula is C12H11F5O. The highest BCUT2D eigenvalue weighted by atomic mass is 19.2. The normalized spacial score (nSPS) is 11.8. The van der Waals surface area contributed by atoms with E-state index in [1.807, 2.05) is 0 Å². The van der Waals surface area contributed by atoms with Crippen molar-refractivity contribution < 1.29 is 26.7 Å². The molecule has 0 heterocycles. The van der Waals surface area contributed by atoms with Crippen molar-refractivity contribution in [1.29, 1.82) is 0 Å². The Morgan fingerprint density at radius 2 is 1.22 bits per heavy atom. The zero-order chi connectivity index (χ0) is 14.2. The second-order valence-electron chi connectivity index (χ2n) is 4.51. The maximum atomic E-state index is 13.4. The molecule has 1 aromatic carbocycles. The van der Waals surface area contributed by atoms with E-state index >= 15 is 0 Å². The minimum Gasteiger partial charge on any atom is -0.293 e. The summed E-state index contributed by atoms with van der Waals surface area (Å²) in [6.45, 7) is 4.31. The lowest BCUT2D eigenvalue weighted by atomic mass is 9.81. The predicted molar refractivity (Wildman–Crippen MR) is 54.6 cm³/mol. The Labute approximate surface area is 101 Å². The van der Waals surface area contributed by atoms with E-state index in [0.29, 0.717) is 0 Å². The van der Waals surface area contributed by atoms with E-state index in [2.05, 4.69) is 0 Å². The molecule has 0 saturated heterocycles. The van der Waals surface area contributed by atoms with Gasteiger partial charge in [-0.05, 0) is 6.42 Å². The van der Waals surface area contributed by atoms with Crippen molar-refractivity contribution in [1.82, 2.24) is 0 Å². The van der Waals surface area contributed by atoms with Gasteiger partial charge in [-0.1, -0.05) is 20.8 Å². The maximum absolute atomic E-state index is 13.4. The molecule has 0 aliphatic carbocycles. The Morgan fingerprint density at radius 1 is 0.889 bits per heavy atom. The van der Waals surface area contributed by atoms with E-state index in [0.717, 1.165) is 0 Å². The molecular weight excluding hydrogens is 255 g/mol. The predicted octanol–water partition coefficient (Wildman–Crippen LogP) is 4.00. The number of rotatable bonds is 3. The van der Waals surface area contributed by atoms with Crippen molar-refractivity contribution in [3.63, 3.8) is 0 Å². The molecule has 0 aliphatic rings. The van der Waals surface area contributed by atoms with Crippen LogP contribution in [0.25, 0.3) is 0 Å². The minimum atomic E-state index is -2.27. The minimum absolute atomic E-state index is 0.200. The van der Waals surface area contributed by atoms with Crippen LogP contribution in [0, 0.1) is 34.5 Å². The van der Waals surface area contributed by atoms with Crippen molar-refractivity contribution in [2.75, 3.05) is 0 Å². The Balaban J connectivity index is 3.57. The monoisotopic (exact) mass is 266 g/mol. The molecule has 0 fully saturated rings. The first-order valence-corrected chi connectivity index (χ1v) is 5.21. The van der Waals surface area contributed by atoms with Crippen molar-refractivity contribution in [3.05, 3.63) is 34.6 Å². The first-order valence-electron chi connectivity index (χ1n) is 5.21. The summed E-state index contributed by atoms with van der Waals surface area (Å²) in [5.41, 5.74) is -2.59. The molecule has 0 bridgehead atoms. The van der Waals surface area contributed by atoms with Gasteiger partial charge in [-0.25, -0.2) is 22.0 Å². The highest BCUT2D eigenvalue weighted by Crippen LogP contribution is 2.31. The van der Waals surface area contributed by atoms with Gasteiger partial charge in [0, 0.05) is 5.41 Å². The third-order valence-corrected chi connectivity index (χ3v) is 2.94. The van der Waals surface area contributed by atoms with E-state index in [1.165, 1.54) is 13.8 Å². The Bertz CT molecular complexity index is 479. The third-order valence-electron chi connectivity index (χ3n) is 2.94. The maximum Gasteiger partial charge on any atom is 0.200 e. The largest absolute Gasteiger partial charge is 0.293 e. The molecule has 0 aliphatic heterocycles. The molecule has 0 spiro atoms. The van der Waals surface area contributed by atoms with E-state index in [9.17, 15) is 26.7 Å². The van der Waals surface area contributed by atoms with Crippen molar-refractivity contribution >= 4 is 5.78 Å². The number of hydrogen-bond donors (Lipinski definition) is 0. The number of ketones is 1. The van der Waals surface area contributed by atoms with E-state index in [1.54, 1.807) is 6.92 Å². The van der Waals surface area contributed by atoms with Gasteiger partial charge in [-0.3, -0.25) is 4.79 Å². The fourth-order valence-electron chi connectivity index (χ4n) is 1.30. The fraction of sp³-hybridized carbons (Fsp3) is 0.417. The lowest BCUT2D eigenvalue weighted by Gasteiger charge is -2.21. The van der Waals surface area contributed by atoms with Gasteiger partial charge in [0.05, 0.1) is 5.56 Å². The standard InChI is InChI=1S/C12H11F5O/c1-4-12(2,3)11(18)5-6(13)8(15)10(17)9(16)7(5)14/h4H2,1-3H3. The zero-order valence-electron chi connectivity index (χ0n) is 10.0. The van der Waals surface area contributed by atoms with Crippen molar-refractivity contribution in [2.24, 2.45) is 5.41 Å². The average Bonchev–Trinajstić information content (AvgIpc) is 2.34. The van der Waals surface area contributed by atoms with Crippen LogP contribution in [-0.2, 0) is 0 Å². The fourth-order valence-corrected chi connectivity index (χ4v) is 1.30. The molecule has 1 aromatic rings. The van der Waals surface area contributed by atoms with Gasteiger partial charge >= 0.3 is 0 Å². The van der Waals surface area contributed by atoms with Gasteiger partial charge in [-0.15, -0.1) is 0 Å². The molecule has 100 valence electrons. The molecule has 0 amide bonds. The van der Waals surface area contributed by atoms with Crippen LogP contribution in [0.4, 0.5) is 22.0 Å². The Hall–Kier alpha value is -1.46. The molecule has 18 heavy (non-hydrogen) atoms. The average molecular weight is 266 g/mol. The van der Waals surface area contributed by atoms with Crippen LogP contribution in [0.1, 0.15) is 37.6 Å². The van der Waals surface area contributed by atoms with Crippen LogP contribution < -0.4 is 0 Å². The second-order valence-corrected chi connectivity index (χ2v) is 4.51. The number of hydrogen-bond acceptors (Lipinski definition) is 1. The summed E-state index contributed by atoms with van der Waals surface area (Å²) in [6, 6.07) is 0. The van der Waals surface area contributed by atoms with Crippen LogP contribution in [-0.4, -0.2) is 5.78 Å². The van der Waals surface area contributed by atoms with Crippen molar-refractivity contribution in [2.45, 2.75) is 27.2 Å². The molecule has 0 saturated carbocycles. The molecule has 1 rings (SSSR count). The summed E-state index contributed by atoms with van der Waals surface area (Å²) in [4.78, 5) is 11.8. The lowest BCUT2D eigenvalue weighted by Crippen LogP contribution is -2.27. The summed E-state index contributed by atoms with van der Waals surface area (Å²) in [7, 11) is 0. The van der Waals surface area contributed by atoms with E-state index in [4.69, 9.17) is 0 Å². The summed E-state index contributed by atoms with van der Waals surface area (Å²) in [5.74, 6) is -11.8. The SMILES string of the molecule is CCC(C)(C)C(=O)c1c(F)c(F)c(F)c(F)c1F. The van der Waals surface area contributed by atoms with Crippen LogP contribution in [0.2, 0.25) is 0 Å². The van der Waals surface area contributed by atoms with Crippen LogP contribution in [0.5, 0.6) is 0 Å². The van der Waals surface area contributed by atoms with Gasteiger partial charge in [0.2, 0.25) is 5.82 Å². The number of Topliss-reactive ketones (excluding diaryl/α,β-unsaturated/α-hetero) is 1. The van der Waals surface area contributed by atoms with Crippen LogP contribution in [0.15, 0.2) is 0 Å². The number of halogens is 5. The van der Waals surface area contributed by atoms with Gasteiger partial charge in [0.1, 0.15) is 0 Å². The quantitative estimate of drug-likeness (QED) is 0.350. The highest BCUT2D eigenvalue weighted by Gasteiger charge is 2.36. The highest BCUT2D eigenvalue weighted by molar-refractivity contribution is 6.00. The Kier molecular flexibility index (Phi) is 3.78. The van der Waals surface area contributed by atoms with E-state index < -0.39 is 45.8 Å². The molecule has 6 heteroatoms. The lowest BCUT2D eigenvalue weighted by molar-refractivity contribution is 0.0820. The van der Waals surface area contributed by atoms with Gasteiger partial charge in [-0.2, -0.15) is 0 Å². The molecule has 0 atom stereocenters. The third kappa shape index (κ3) is 2.11. The van der Waals surface area contributed by atoms with Gasteiger partial charge in [0.15, 0.2) is 29.1 Å². The van der Waals surface area contributed by atoms with Crippen molar-refractivity contribution in [3.8, 4) is 0 Å². The number of carbonyl (C=O) groups is 1. The molecule has 0 radical (unpaired) electrons. The summed E-state index contributed by atoms with van der Waals surface area (Å²) < 4.78 is 65.4. The zero-order valence-corrected chi connectivity index (χ0v) is 10.0. The van der Waals surface area contributed by atoms with Gasteiger partial charge in [0.25, 0.3) is 0 Å². The van der Waals surface area contributed by atoms with Crippen LogP contribution in [0.3, 0.4) is 0 Å².